The summed E-state index contributed by atoms with van der Waals surface area (Å²) >= 11 is 0. The third kappa shape index (κ3) is 2.68. The molecule has 0 bridgehead atoms. The highest BCUT2D eigenvalue weighted by Crippen LogP contribution is 2.24. The van der Waals surface area contributed by atoms with Gasteiger partial charge in [0.1, 0.15) is 6.07 Å². The van der Waals surface area contributed by atoms with Crippen molar-refractivity contribution in [3.63, 3.8) is 0 Å². The molecule has 0 aliphatic rings. The lowest BCUT2D eigenvalue weighted by molar-refractivity contribution is 0.448. The molecule has 0 aliphatic heterocycles. The fourth-order valence-corrected chi connectivity index (χ4v) is 1.64. The molecule has 0 heterocycles. The van der Waals surface area contributed by atoms with Gasteiger partial charge in [-0.3, -0.25) is 0 Å². The minimum Gasteiger partial charge on any atom is -0.354 e. The standard InChI is InChI=1S/C14H9F3N2/c1-8-2-3-13(9(4-8)7-18)19-10-5-11(15)14(17)12(16)6-10/h2-6,19H,1H3. The van der Waals surface area contributed by atoms with Crippen molar-refractivity contribution in [3.05, 3.63) is 58.9 Å². The molecule has 96 valence electrons. The maximum Gasteiger partial charge on any atom is 0.194 e. The molecule has 2 nitrogen and oxygen atoms in total. The van der Waals surface area contributed by atoms with Crippen molar-refractivity contribution in [1.29, 1.82) is 5.26 Å². The molecule has 19 heavy (non-hydrogen) atoms. The lowest BCUT2D eigenvalue weighted by atomic mass is 10.1. The monoisotopic (exact) mass is 262 g/mol. The van der Waals surface area contributed by atoms with Crippen LogP contribution in [-0.2, 0) is 0 Å². The molecule has 0 atom stereocenters. The molecular formula is C14H9F3N2. The Balaban J connectivity index is 2.40. The van der Waals surface area contributed by atoms with Crippen LogP contribution < -0.4 is 5.32 Å². The molecule has 0 amide bonds. The molecule has 5 heteroatoms. The average molecular weight is 262 g/mol. The first kappa shape index (κ1) is 13.0. The summed E-state index contributed by atoms with van der Waals surface area (Å²) in [6.07, 6.45) is 0. The second kappa shape index (κ2) is 5.02. The summed E-state index contributed by atoms with van der Waals surface area (Å²) in [5.41, 5.74) is 1.67. The molecule has 2 rings (SSSR count). The van der Waals surface area contributed by atoms with E-state index in [0.717, 1.165) is 17.7 Å². The van der Waals surface area contributed by atoms with E-state index < -0.39 is 17.5 Å². The molecule has 0 unspecified atom stereocenters. The zero-order chi connectivity index (χ0) is 14.0. The smallest absolute Gasteiger partial charge is 0.194 e. The molecule has 2 aromatic carbocycles. The Morgan fingerprint density at radius 1 is 1.05 bits per heavy atom. The second-order valence-electron chi connectivity index (χ2n) is 4.04. The SMILES string of the molecule is Cc1ccc(Nc2cc(F)c(F)c(F)c2)c(C#N)c1. The topological polar surface area (TPSA) is 35.8 Å². The Morgan fingerprint density at radius 3 is 2.26 bits per heavy atom. The highest BCUT2D eigenvalue weighted by Gasteiger charge is 2.11. The third-order valence-electron chi connectivity index (χ3n) is 2.56. The van der Waals surface area contributed by atoms with E-state index in [0.29, 0.717) is 11.3 Å². The van der Waals surface area contributed by atoms with Crippen LogP contribution in [0.2, 0.25) is 0 Å². The molecule has 0 saturated heterocycles. The van der Waals surface area contributed by atoms with E-state index in [1.165, 1.54) is 0 Å². The van der Waals surface area contributed by atoms with Crippen LogP contribution >= 0.6 is 0 Å². The number of hydrogen-bond donors (Lipinski definition) is 1. The Hall–Kier alpha value is -2.48. The lowest BCUT2D eigenvalue weighted by Gasteiger charge is -2.09. The van der Waals surface area contributed by atoms with Gasteiger partial charge in [-0.05, 0) is 24.6 Å². The summed E-state index contributed by atoms with van der Waals surface area (Å²) < 4.78 is 39.0. The molecule has 0 fully saturated rings. The van der Waals surface area contributed by atoms with Crippen molar-refractivity contribution < 1.29 is 13.2 Å². The number of nitrogens with zero attached hydrogens (tertiary/aromatic N) is 1. The summed E-state index contributed by atoms with van der Waals surface area (Å²) in [5, 5.41) is 11.7. The van der Waals surface area contributed by atoms with Gasteiger partial charge in [0.2, 0.25) is 0 Å². The predicted molar refractivity (Wildman–Crippen MR) is 65.5 cm³/mol. The van der Waals surface area contributed by atoms with Crippen molar-refractivity contribution in [3.8, 4) is 6.07 Å². The first-order chi connectivity index (χ1) is 9.01. The zero-order valence-corrected chi connectivity index (χ0v) is 9.97. The molecule has 0 aromatic heterocycles. The van der Waals surface area contributed by atoms with Crippen LogP contribution in [0.4, 0.5) is 24.5 Å². The fourth-order valence-electron chi connectivity index (χ4n) is 1.64. The zero-order valence-electron chi connectivity index (χ0n) is 9.97. The molecule has 0 saturated carbocycles. The summed E-state index contributed by atoms with van der Waals surface area (Å²) in [7, 11) is 0. The minimum atomic E-state index is -1.52. The highest BCUT2D eigenvalue weighted by molar-refractivity contribution is 5.67. The van der Waals surface area contributed by atoms with Gasteiger partial charge in [-0.2, -0.15) is 5.26 Å². The highest BCUT2D eigenvalue weighted by atomic mass is 19.2. The van der Waals surface area contributed by atoms with Gasteiger partial charge in [-0.15, -0.1) is 0 Å². The summed E-state index contributed by atoms with van der Waals surface area (Å²) in [4.78, 5) is 0. The molecular weight excluding hydrogens is 253 g/mol. The van der Waals surface area contributed by atoms with Gasteiger partial charge in [0.05, 0.1) is 11.3 Å². The van der Waals surface area contributed by atoms with E-state index >= 15 is 0 Å². The van der Waals surface area contributed by atoms with E-state index in [2.05, 4.69) is 5.32 Å². The van der Waals surface area contributed by atoms with Gasteiger partial charge < -0.3 is 5.32 Å². The average Bonchev–Trinajstić information content (AvgIpc) is 2.38. The van der Waals surface area contributed by atoms with Crippen LogP contribution in [0.3, 0.4) is 0 Å². The van der Waals surface area contributed by atoms with Crippen LogP contribution in [0.1, 0.15) is 11.1 Å². The van der Waals surface area contributed by atoms with Crippen LogP contribution in [0.15, 0.2) is 30.3 Å². The summed E-state index contributed by atoms with van der Waals surface area (Å²) in [6, 6.07) is 8.64. The van der Waals surface area contributed by atoms with Crippen LogP contribution in [-0.4, -0.2) is 0 Å². The number of halogens is 3. The minimum absolute atomic E-state index is 0.0387. The van der Waals surface area contributed by atoms with Crippen molar-refractivity contribution in [1.82, 2.24) is 0 Å². The van der Waals surface area contributed by atoms with Crippen LogP contribution in [0.5, 0.6) is 0 Å². The van der Waals surface area contributed by atoms with E-state index in [-0.39, 0.29) is 5.69 Å². The second-order valence-corrected chi connectivity index (χ2v) is 4.04. The van der Waals surface area contributed by atoms with Gasteiger partial charge in [0.25, 0.3) is 0 Å². The maximum atomic E-state index is 13.1. The molecule has 0 spiro atoms. The number of nitrogens with one attached hydrogen (secondary N) is 1. The third-order valence-corrected chi connectivity index (χ3v) is 2.56. The van der Waals surface area contributed by atoms with Gasteiger partial charge in [0.15, 0.2) is 17.5 Å². The predicted octanol–water partition coefficient (Wildman–Crippen LogP) is 4.03. The van der Waals surface area contributed by atoms with E-state index in [1.807, 2.05) is 13.0 Å². The summed E-state index contributed by atoms with van der Waals surface area (Å²) in [5.74, 6) is -4.09. The van der Waals surface area contributed by atoms with Crippen molar-refractivity contribution >= 4 is 11.4 Å². The van der Waals surface area contributed by atoms with Crippen molar-refractivity contribution in [2.24, 2.45) is 0 Å². The summed E-state index contributed by atoms with van der Waals surface area (Å²) in [6.45, 7) is 1.82. The number of anilines is 2. The fraction of sp³-hybridized carbons (Fsp3) is 0.0714. The lowest BCUT2D eigenvalue weighted by Crippen LogP contribution is -1.98. The van der Waals surface area contributed by atoms with Crippen molar-refractivity contribution in [2.45, 2.75) is 6.92 Å². The van der Waals surface area contributed by atoms with Crippen LogP contribution in [0.25, 0.3) is 0 Å². The maximum absolute atomic E-state index is 13.1. The van der Waals surface area contributed by atoms with E-state index in [1.54, 1.807) is 18.2 Å². The van der Waals surface area contributed by atoms with Gasteiger partial charge >= 0.3 is 0 Å². The van der Waals surface area contributed by atoms with Crippen molar-refractivity contribution in [2.75, 3.05) is 5.32 Å². The Kier molecular flexibility index (Phi) is 3.43. The number of nitriles is 1. The first-order valence-corrected chi connectivity index (χ1v) is 5.43. The largest absolute Gasteiger partial charge is 0.354 e. The van der Waals surface area contributed by atoms with Gasteiger partial charge in [0, 0.05) is 17.8 Å². The van der Waals surface area contributed by atoms with E-state index in [9.17, 15) is 13.2 Å². The first-order valence-electron chi connectivity index (χ1n) is 5.43. The number of aryl methyl sites for hydroxylation is 1. The quantitative estimate of drug-likeness (QED) is 0.829. The molecule has 0 radical (unpaired) electrons. The Morgan fingerprint density at radius 2 is 1.68 bits per heavy atom. The number of hydrogen-bond acceptors (Lipinski definition) is 2. The van der Waals surface area contributed by atoms with Crippen LogP contribution in [0, 0.1) is 35.7 Å². The van der Waals surface area contributed by atoms with Gasteiger partial charge in [-0.25, -0.2) is 13.2 Å². The number of benzene rings is 2. The number of rotatable bonds is 2. The Bertz CT molecular complexity index is 652. The molecule has 0 aliphatic carbocycles. The normalized spacial score (nSPS) is 10.1. The van der Waals surface area contributed by atoms with E-state index in [4.69, 9.17) is 5.26 Å². The Labute approximate surface area is 108 Å². The molecule has 1 N–H and O–H groups in total. The van der Waals surface area contributed by atoms with Gasteiger partial charge in [-0.1, -0.05) is 6.07 Å². The molecule has 2 aromatic rings.